The molecule has 19 heavy (non-hydrogen) atoms. The molecule has 0 fully saturated rings. The monoisotopic (exact) mass is 257 g/mol. The fourth-order valence-corrected chi connectivity index (χ4v) is 2.41. The van der Waals surface area contributed by atoms with Crippen LogP contribution < -0.4 is 10.5 Å². The summed E-state index contributed by atoms with van der Waals surface area (Å²) in [6, 6.07) is 5.04. The van der Waals surface area contributed by atoms with Crippen LogP contribution in [0.25, 0.3) is 11.4 Å². The largest absolute Gasteiger partial charge is 0.504 e. The molecule has 1 aromatic heterocycles. The minimum absolute atomic E-state index is 0.0976. The van der Waals surface area contributed by atoms with Crippen LogP contribution in [0.1, 0.15) is 17.7 Å². The molecule has 0 radical (unpaired) electrons. The number of methoxy groups -OCH3 is 1. The van der Waals surface area contributed by atoms with Crippen molar-refractivity contribution in [1.29, 1.82) is 0 Å². The summed E-state index contributed by atoms with van der Waals surface area (Å²) in [6.07, 6.45) is 2.99. The van der Waals surface area contributed by atoms with Gasteiger partial charge in [0.25, 0.3) is 0 Å². The van der Waals surface area contributed by atoms with Crippen molar-refractivity contribution in [2.45, 2.75) is 19.3 Å². The maximum Gasteiger partial charge on any atom is 0.161 e. The van der Waals surface area contributed by atoms with Gasteiger partial charge in [0.15, 0.2) is 17.3 Å². The van der Waals surface area contributed by atoms with Crippen molar-refractivity contribution in [3.63, 3.8) is 0 Å². The van der Waals surface area contributed by atoms with Gasteiger partial charge in [-0.05, 0) is 37.5 Å². The lowest BCUT2D eigenvalue weighted by Gasteiger charge is -2.08. The number of fused-ring (bicyclic) bond motifs is 1. The molecular formula is C14H15N3O2. The van der Waals surface area contributed by atoms with E-state index in [-0.39, 0.29) is 5.75 Å². The van der Waals surface area contributed by atoms with Crippen LogP contribution in [0.4, 0.5) is 5.82 Å². The number of hydrogen-bond donors (Lipinski definition) is 2. The van der Waals surface area contributed by atoms with Gasteiger partial charge in [0, 0.05) is 16.8 Å². The smallest absolute Gasteiger partial charge is 0.161 e. The maximum atomic E-state index is 9.60. The van der Waals surface area contributed by atoms with Crippen LogP contribution in [0.2, 0.25) is 0 Å². The van der Waals surface area contributed by atoms with Gasteiger partial charge in [-0.2, -0.15) is 0 Å². The lowest BCUT2D eigenvalue weighted by atomic mass is 10.1. The first-order chi connectivity index (χ1) is 9.19. The maximum absolute atomic E-state index is 9.60. The van der Waals surface area contributed by atoms with Gasteiger partial charge in [-0.15, -0.1) is 0 Å². The molecule has 2 aromatic rings. The van der Waals surface area contributed by atoms with Gasteiger partial charge in [0.1, 0.15) is 5.82 Å². The molecule has 0 unspecified atom stereocenters. The van der Waals surface area contributed by atoms with E-state index in [9.17, 15) is 5.11 Å². The predicted octanol–water partition coefficient (Wildman–Crippen LogP) is 1.93. The van der Waals surface area contributed by atoms with E-state index in [2.05, 4.69) is 9.97 Å². The van der Waals surface area contributed by atoms with Gasteiger partial charge in [-0.1, -0.05) is 0 Å². The molecule has 1 aliphatic rings. The molecule has 0 atom stereocenters. The second-order valence-electron chi connectivity index (χ2n) is 4.60. The van der Waals surface area contributed by atoms with E-state index in [4.69, 9.17) is 10.5 Å². The first-order valence-electron chi connectivity index (χ1n) is 6.21. The highest BCUT2D eigenvalue weighted by Gasteiger charge is 2.18. The molecule has 3 rings (SSSR count). The van der Waals surface area contributed by atoms with Crippen molar-refractivity contribution >= 4 is 5.82 Å². The molecule has 0 saturated heterocycles. The van der Waals surface area contributed by atoms with Crippen LogP contribution in [0, 0.1) is 0 Å². The number of phenols is 1. The number of nitrogens with zero attached hydrogens (tertiary/aromatic N) is 2. The Balaban J connectivity index is 2.10. The third-order valence-electron chi connectivity index (χ3n) is 3.40. The van der Waals surface area contributed by atoms with E-state index < -0.39 is 0 Å². The van der Waals surface area contributed by atoms with Crippen molar-refractivity contribution in [2.24, 2.45) is 0 Å². The van der Waals surface area contributed by atoms with Gasteiger partial charge in [0.05, 0.1) is 7.11 Å². The molecule has 0 spiro atoms. The Bertz CT molecular complexity index is 641. The Morgan fingerprint density at radius 1 is 1.26 bits per heavy atom. The highest BCUT2D eigenvalue weighted by Crippen LogP contribution is 2.32. The summed E-state index contributed by atoms with van der Waals surface area (Å²) >= 11 is 0. The number of nitrogens with two attached hydrogens (primary N) is 1. The Hall–Kier alpha value is -2.30. The van der Waals surface area contributed by atoms with Gasteiger partial charge >= 0.3 is 0 Å². The molecule has 3 N–H and O–H groups in total. The van der Waals surface area contributed by atoms with Gasteiger partial charge < -0.3 is 15.6 Å². The Labute approximate surface area is 111 Å². The van der Waals surface area contributed by atoms with E-state index in [1.165, 1.54) is 7.11 Å². The molecule has 0 amide bonds. The Morgan fingerprint density at radius 2 is 2.11 bits per heavy atom. The second-order valence-corrected chi connectivity index (χ2v) is 4.60. The van der Waals surface area contributed by atoms with E-state index in [1.54, 1.807) is 18.2 Å². The Morgan fingerprint density at radius 3 is 2.89 bits per heavy atom. The van der Waals surface area contributed by atoms with Crippen LogP contribution in [0.5, 0.6) is 11.5 Å². The molecule has 1 aliphatic carbocycles. The number of nitrogen functional groups attached to an aromatic ring is 1. The summed E-state index contributed by atoms with van der Waals surface area (Å²) in [5.74, 6) is 1.64. The van der Waals surface area contributed by atoms with Gasteiger partial charge in [-0.3, -0.25) is 0 Å². The molecule has 0 saturated carbocycles. The van der Waals surface area contributed by atoms with Crippen LogP contribution in [-0.4, -0.2) is 22.2 Å². The predicted molar refractivity (Wildman–Crippen MR) is 72.1 cm³/mol. The van der Waals surface area contributed by atoms with Crippen LogP contribution in [0.15, 0.2) is 18.2 Å². The van der Waals surface area contributed by atoms with Crippen molar-refractivity contribution in [1.82, 2.24) is 9.97 Å². The standard InChI is InChI=1S/C14H15N3O2/c1-19-12-7-8(5-6-11(12)18)14-16-10-4-2-3-9(10)13(15)17-14/h5-7,18H,2-4H2,1H3,(H2,15,16,17). The van der Waals surface area contributed by atoms with Crippen molar-refractivity contribution in [3.05, 3.63) is 29.5 Å². The molecule has 0 bridgehead atoms. The molecule has 98 valence electrons. The number of aryl methyl sites for hydroxylation is 1. The van der Waals surface area contributed by atoms with Crippen molar-refractivity contribution in [2.75, 3.05) is 12.8 Å². The van der Waals surface area contributed by atoms with E-state index in [1.807, 2.05) is 0 Å². The van der Waals surface area contributed by atoms with Crippen molar-refractivity contribution < 1.29 is 9.84 Å². The summed E-state index contributed by atoms with van der Waals surface area (Å²) in [4.78, 5) is 8.91. The lowest BCUT2D eigenvalue weighted by Crippen LogP contribution is -2.02. The fourth-order valence-electron chi connectivity index (χ4n) is 2.41. The highest BCUT2D eigenvalue weighted by molar-refractivity contribution is 5.63. The third kappa shape index (κ3) is 1.97. The first kappa shape index (κ1) is 11.8. The number of benzene rings is 1. The summed E-state index contributed by atoms with van der Waals surface area (Å²) in [7, 11) is 1.51. The number of phenolic OH excluding ortho intramolecular Hbond substituents is 1. The second kappa shape index (κ2) is 4.42. The normalized spacial score (nSPS) is 13.3. The summed E-state index contributed by atoms with van der Waals surface area (Å²) < 4.78 is 5.09. The van der Waals surface area contributed by atoms with E-state index >= 15 is 0 Å². The molecule has 0 aliphatic heterocycles. The number of ether oxygens (including phenoxy) is 1. The fraction of sp³-hybridized carbons (Fsp3) is 0.286. The minimum atomic E-state index is 0.0976. The molecular weight excluding hydrogens is 242 g/mol. The average molecular weight is 257 g/mol. The van der Waals surface area contributed by atoms with Gasteiger partial charge in [0.2, 0.25) is 0 Å². The van der Waals surface area contributed by atoms with Crippen molar-refractivity contribution in [3.8, 4) is 22.9 Å². The van der Waals surface area contributed by atoms with Crippen LogP contribution in [0.3, 0.4) is 0 Å². The summed E-state index contributed by atoms with van der Waals surface area (Å²) in [5.41, 5.74) is 8.88. The zero-order valence-electron chi connectivity index (χ0n) is 10.7. The van der Waals surface area contributed by atoms with E-state index in [0.29, 0.717) is 17.4 Å². The third-order valence-corrected chi connectivity index (χ3v) is 3.40. The number of anilines is 1. The van der Waals surface area contributed by atoms with Crippen LogP contribution in [-0.2, 0) is 12.8 Å². The number of hydrogen-bond acceptors (Lipinski definition) is 5. The molecule has 5 heteroatoms. The first-order valence-corrected chi connectivity index (χ1v) is 6.21. The summed E-state index contributed by atoms with van der Waals surface area (Å²) in [5, 5.41) is 9.60. The zero-order chi connectivity index (χ0) is 13.4. The zero-order valence-corrected chi connectivity index (χ0v) is 10.7. The molecule has 5 nitrogen and oxygen atoms in total. The molecule has 1 heterocycles. The summed E-state index contributed by atoms with van der Waals surface area (Å²) in [6.45, 7) is 0. The van der Waals surface area contributed by atoms with Crippen LogP contribution >= 0.6 is 0 Å². The Kier molecular flexibility index (Phi) is 2.74. The molecule has 1 aromatic carbocycles. The average Bonchev–Trinajstić information content (AvgIpc) is 2.88. The minimum Gasteiger partial charge on any atom is -0.504 e. The lowest BCUT2D eigenvalue weighted by molar-refractivity contribution is 0.373. The topological polar surface area (TPSA) is 81.3 Å². The van der Waals surface area contributed by atoms with E-state index in [0.717, 1.165) is 36.1 Å². The van der Waals surface area contributed by atoms with Gasteiger partial charge in [-0.25, -0.2) is 9.97 Å². The number of aromatic nitrogens is 2. The number of rotatable bonds is 2. The SMILES string of the molecule is COc1cc(-c2nc(N)c3c(n2)CCC3)ccc1O. The quantitative estimate of drug-likeness (QED) is 0.859. The number of aromatic hydroxyl groups is 1. The highest BCUT2D eigenvalue weighted by atomic mass is 16.5.